The summed E-state index contributed by atoms with van der Waals surface area (Å²) in [7, 11) is 0. The molecule has 1 N–H and O–H groups in total. The van der Waals surface area contributed by atoms with Crippen molar-refractivity contribution in [3.8, 4) is 0 Å². The van der Waals surface area contributed by atoms with Gasteiger partial charge in [-0.1, -0.05) is 0 Å². The fraction of sp³-hybridized carbons (Fsp3) is 0.429. The molecule has 1 aromatic rings. The molecular formula is C14H15F2NO3S. The molecule has 0 saturated carbocycles. The second-order valence-corrected chi connectivity index (χ2v) is 5.90. The van der Waals surface area contributed by atoms with E-state index in [0.717, 1.165) is 23.9 Å². The molecule has 21 heavy (non-hydrogen) atoms. The predicted octanol–water partition coefficient (Wildman–Crippen LogP) is 2.38. The minimum Gasteiger partial charge on any atom is -0.481 e. The quantitative estimate of drug-likeness (QED) is 0.867. The summed E-state index contributed by atoms with van der Waals surface area (Å²) in [4.78, 5) is 24.7. The summed E-state index contributed by atoms with van der Waals surface area (Å²) in [6.07, 6.45) is 1.22. The Hall–Kier alpha value is -1.63. The molecule has 114 valence electrons. The highest BCUT2D eigenvalue weighted by Crippen LogP contribution is 2.24. The van der Waals surface area contributed by atoms with E-state index in [1.54, 1.807) is 0 Å². The Morgan fingerprint density at radius 1 is 1.38 bits per heavy atom. The molecule has 1 atom stereocenters. The van der Waals surface area contributed by atoms with Gasteiger partial charge in [-0.15, -0.1) is 11.8 Å². The van der Waals surface area contributed by atoms with Gasteiger partial charge in [0.2, 0.25) is 5.91 Å². The Bertz CT molecular complexity index is 553. The highest BCUT2D eigenvalue weighted by Gasteiger charge is 2.28. The fourth-order valence-electron chi connectivity index (χ4n) is 2.23. The van der Waals surface area contributed by atoms with Crippen molar-refractivity contribution < 1.29 is 23.5 Å². The maximum absolute atomic E-state index is 13.4. The number of carboxylic acid groups (broad SMARTS) is 1. The second-order valence-electron chi connectivity index (χ2n) is 4.88. The number of aliphatic carboxylic acids is 1. The fourth-order valence-corrected chi connectivity index (χ4v) is 3.05. The van der Waals surface area contributed by atoms with Crippen LogP contribution in [0.4, 0.5) is 8.78 Å². The Morgan fingerprint density at radius 3 is 2.81 bits per heavy atom. The van der Waals surface area contributed by atoms with Crippen LogP contribution in [0.2, 0.25) is 0 Å². The van der Waals surface area contributed by atoms with E-state index in [0.29, 0.717) is 19.4 Å². The lowest BCUT2D eigenvalue weighted by atomic mass is 9.98. The smallest absolute Gasteiger partial charge is 0.308 e. The zero-order chi connectivity index (χ0) is 15.4. The summed E-state index contributed by atoms with van der Waals surface area (Å²) in [6, 6.07) is 3.20. The SMILES string of the molecule is O=C(O)[C@@H]1CCCN(C(=O)CSc2ccc(F)cc2F)C1. The topological polar surface area (TPSA) is 57.6 Å². The summed E-state index contributed by atoms with van der Waals surface area (Å²) >= 11 is 0.987. The first-order valence-corrected chi connectivity index (χ1v) is 7.54. The van der Waals surface area contributed by atoms with Crippen LogP contribution in [0, 0.1) is 17.6 Å². The van der Waals surface area contributed by atoms with Crippen molar-refractivity contribution >= 4 is 23.6 Å². The molecule has 0 bridgehead atoms. The average molecular weight is 315 g/mol. The van der Waals surface area contributed by atoms with Crippen molar-refractivity contribution in [3.05, 3.63) is 29.8 Å². The summed E-state index contributed by atoms with van der Waals surface area (Å²) in [5.41, 5.74) is 0. The number of rotatable bonds is 4. The van der Waals surface area contributed by atoms with Gasteiger partial charge in [0, 0.05) is 24.1 Å². The van der Waals surface area contributed by atoms with E-state index in [2.05, 4.69) is 0 Å². The molecule has 1 amide bonds. The molecule has 0 aliphatic carbocycles. The molecule has 1 aliphatic heterocycles. The number of piperidine rings is 1. The van der Waals surface area contributed by atoms with E-state index in [1.165, 1.54) is 11.0 Å². The minimum absolute atomic E-state index is 0.00882. The van der Waals surface area contributed by atoms with Crippen molar-refractivity contribution in [2.24, 2.45) is 5.92 Å². The molecule has 0 unspecified atom stereocenters. The van der Waals surface area contributed by atoms with Crippen LogP contribution in [0.25, 0.3) is 0 Å². The van der Waals surface area contributed by atoms with E-state index < -0.39 is 23.5 Å². The molecule has 1 aliphatic rings. The summed E-state index contributed by atoms with van der Waals surface area (Å²) in [6.45, 7) is 0.718. The molecule has 0 aromatic heterocycles. The number of halogens is 2. The minimum atomic E-state index is -0.898. The van der Waals surface area contributed by atoms with E-state index in [4.69, 9.17) is 5.11 Å². The lowest BCUT2D eigenvalue weighted by molar-refractivity contribution is -0.145. The summed E-state index contributed by atoms with van der Waals surface area (Å²) in [5.74, 6) is -3.01. The van der Waals surface area contributed by atoms with Gasteiger partial charge < -0.3 is 10.0 Å². The monoisotopic (exact) mass is 315 g/mol. The van der Waals surface area contributed by atoms with Gasteiger partial charge >= 0.3 is 5.97 Å². The van der Waals surface area contributed by atoms with Crippen molar-refractivity contribution in [1.29, 1.82) is 0 Å². The van der Waals surface area contributed by atoms with Crippen LogP contribution < -0.4 is 0 Å². The molecule has 7 heteroatoms. The van der Waals surface area contributed by atoms with Crippen LogP contribution in [0.3, 0.4) is 0 Å². The third-order valence-corrected chi connectivity index (χ3v) is 4.40. The van der Waals surface area contributed by atoms with E-state index in [1.807, 2.05) is 0 Å². The largest absolute Gasteiger partial charge is 0.481 e. The van der Waals surface area contributed by atoms with Gasteiger partial charge in [0.05, 0.1) is 11.7 Å². The standard InChI is InChI=1S/C14H15F2NO3S/c15-10-3-4-12(11(16)6-10)21-8-13(18)17-5-1-2-9(7-17)14(19)20/h3-4,6,9H,1-2,5,7-8H2,(H,19,20)/t9-/m1/s1. The van der Waals surface area contributed by atoms with Crippen molar-refractivity contribution in [3.63, 3.8) is 0 Å². The third-order valence-electron chi connectivity index (χ3n) is 3.37. The van der Waals surface area contributed by atoms with Crippen LogP contribution in [0.15, 0.2) is 23.1 Å². The number of hydrogen-bond acceptors (Lipinski definition) is 3. The van der Waals surface area contributed by atoms with Gasteiger partial charge in [-0.25, -0.2) is 8.78 Å². The average Bonchev–Trinajstić information content (AvgIpc) is 2.46. The number of likely N-dealkylation sites (tertiary alicyclic amines) is 1. The van der Waals surface area contributed by atoms with Crippen LogP contribution in [-0.4, -0.2) is 40.7 Å². The van der Waals surface area contributed by atoms with Gasteiger partial charge in [-0.2, -0.15) is 0 Å². The first-order chi connectivity index (χ1) is 9.97. The highest BCUT2D eigenvalue weighted by atomic mass is 32.2. The van der Waals surface area contributed by atoms with Gasteiger partial charge in [0.1, 0.15) is 11.6 Å². The van der Waals surface area contributed by atoms with E-state index in [-0.39, 0.29) is 23.1 Å². The normalized spacial score (nSPS) is 18.6. The third kappa shape index (κ3) is 4.17. The van der Waals surface area contributed by atoms with Gasteiger partial charge in [-0.3, -0.25) is 9.59 Å². The summed E-state index contributed by atoms with van der Waals surface area (Å²) < 4.78 is 26.2. The van der Waals surface area contributed by atoms with Crippen LogP contribution in [0.5, 0.6) is 0 Å². The number of nitrogens with zero attached hydrogens (tertiary/aromatic N) is 1. The number of carbonyl (C=O) groups excluding carboxylic acids is 1. The second kappa shape index (κ2) is 6.89. The predicted molar refractivity (Wildman–Crippen MR) is 74.0 cm³/mol. The number of amides is 1. The molecule has 1 saturated heterocycles. The lowest BCUT2D eigenvalue weighted by Gasteiger charge is -2.30. The zero-order valence-corrected chi connectivity index (χ0v) is 12.0. The Morgan fingerprint density at radius 2 is 2.14 bits per heavy atom. The van der Waals surface area contributed by atoms with Crippen molar-refractivity contribution in [1.82, 2.24) is 4.90 Å². The molecule has 1 fully saturated rings. The maximum atomic E-state index is 13.4. The molecule has 2 rings (SSSR count). The number of hydrogen-bond donors (Lipinski definition) is 1. The zero-order valence-electron chi connectivity index (χ0n) is 11.2. The first kappa shape index (κ1) is 15.8. The van der Waals surface area contributed by atoms with Gasteiger partial charge in [-0.05, 0) is 25.0 Å². The van der Waals surface area contributed by atoms with Crippen LogP contribution >= 0.6 is 11.8 Å². The molecule has 1 aromatic carbocycles. The van der Waals surface area contributed by atoms with Crippen molar-refractivity contribution in [2.45, 2.75) is 17.7 Å². The van der Waals surface area contributed by atoms with Crippen LogP contribution in [0.1, 0.15) is 12.8 Å². The first-order valence-electron chi connectivity index (χ1n) is 6.56. The highest BCUT2D eigenvalue weighted by molar-refractivity contribution is 8.00. The van der Waals surface area contributed by atoms with Gasteiger partial charge in [0.25, 0.3) is 0 Å². The number of thioether (sulfide) groups is 1. The number of benzene rings is 1. The van der Waals surface area contributed by atoms with Crippen molar-refractivity contribution in [2.75, 3.05) is 18.8 Å². The van der Waals surface area contributed by atoms with Crippen LogP contribution in [-0.2, 0) is 9.59 Å². The Labute approximate surface area is 125 Å². The van der Waals surface area contributed by atoms with E-state index >= 15 is 0 Å². The molecule has 1 heterocycles. The molecule has 0 spiro atoms. The lowest BCUT2D eigenvalue weighted by Crippen LogP contribution is -2.43. The number of carboxylic acids is 1. The molecule has 4 nitrogen and oxygen atoms in total. The Kier molecular flexibility index (Phi) is 5.17. The molecular weight excluding hydrogens is 300 g/mol. The van der Waals surface area contributed by atoms with E-state index in [9.17, 15) is 18.4 Å². The molecule has 0 radical (unpaired) electrons. The Balaban J connectivity index is 1.90. The van der Waals surface area contributed by atoms with Gasteiger partial charge in [0.15, 0.2) is 0 Å². The summed E-state index contributed by atoms with van der Waals surface area (Å²) in [5, 5.41) is 8.98. The number of carbonyl (C=O) groups is 2. The maximum Gasteiger partial charge on any atom is 0.308 e.